The maximum Gasteiger partial charge on any atom is 0.493 e. The van der Waals surface area contributed by atoms with Gasteiger partial charge in [0.15, 0.2) is 5.65 Å². The first-order valence-electron chi connectivity index (χ1n) is 13.1. The van der Waals surface area contributed by atoms with Crippen LogP contribution in [0.1, 0.15) is 28.4 Å². The number of nitrogens with two attached hydrogens (primary N) is 1. The van der Waals surface area contributed by atoms with Crippen LogP contribution in [-0.4, -0.2) is 59.0 Å². The predicted molar refractivity (Wildman–Crippen MR) is 146 cm³/mol. The van der Waals surface area contributed by atoms with Crippen LogP contribution in [0.2, 0.25) is 0 Å². The highest BCUT2D eigenvalue weighted by molar-refractivity contribution is 6.08. The number of fused-ring (bicyclic) bond motifs is 1. The van der Waals surface area contributed by atoms with E-state index < -0.39 is 23.9 Å². The van der Waals surface area contributed by atoms with Gasteiger partial charge in [0.2, 0.25) is 0 Å². The Morgan fingerprint density at radius 3 is 2.48 bits per heavy atom. The molecule has 1 saturated heterocycles. The molecule has 0 unspecified atom stereocenters. The van der Waals surface area contributed by atoms with Crippen LogP contribution in [0, 0.1) is 5.82 Å². The Bertz CT molecular complexity index is 1630. The van der Waals surface area contributed by atoms with Crippen molar-refractivity contribution in [3.63, 3.8) is 0 Å². The first kappa shape index (κ1) is 29.0. The van der Waals surface area contributed by atoms with Crippen molar-refractivity contribution in [2.45, 2.75) is 26.1 Å². The number of ether oxygens (including phenoxy) is 1. The maximum absolute atomic E-state index is 13.7. The van der Waals surface area contributed by atoms with Gasteiger partial charge in [0.1, 0.15) is 5.82 Å². The predicted octanol–water partition coefficient (Wildman–Crippen LogP) is 4.60. The molecule has 3 N–H and O–H groups in total. The Morgan fingerprint density at radius 1 is 1.12 bits per heavy atom. The van der Waals surface area contributed by atoms with Crippen molar-refractivity contribution in [2.75, 3.05) is 31.6 Å². The van der Waals surface area contributed by atoms with Crippen molar-refractivity contribution in [3.8, 4) is 11.3 Å². The molecular formula is C29H27F4N5O4. The van der Waals surface area contributed by atoms with E-state index in [1.165, 1.54) is 18.2 Å². The van der Waals surface area contributed by atoms with E-state index in [-0.39, 0.29) is 33.5 Å². The topological polar surface area (TPSA) is 112 Å². The molecule has 1 amide bonds. The second-order valence-electron chi connectivity index (χ2n) is 9.67. The number of anilines is 2. The summed E-state index contributed by atoms with van der Waals surface area (Å²) in [6.45, 7) is 5.52. The van der Waals surface area contributed by atoms with Crippen LogP contribution in [0.5, 0.6) is 0 Å². The molecule has 42 heavy (non-hydrogen) atoms. The van der Waals surface area contributed by atoms with E-state index in [1.54, 1.807) is 0 Å². The third-order valence-corrected chi connectivity index (χ3v) is 6.98. The normalized spacial score (nSPS) is 14.2. The van der Waals surface area contributed by atoms with E-state index in [4.69, 9.17) is 15.3 Å². The van der Waals surface area contributed by atoms with Gasteiger partial charge in [-0.15, -0.1) is 0 Å². The fourth-order valence-electron chi connectivity index (χ4n) is 4.95. The number of aromatic nitrogens is 2. The van der Waals surface area contributed by atoms with Gasteiger partial charge in [-0.25, -0.2) is 14.2 Å². The average molecular weight is 586 g/mol. The van der Waals surface area contributed by atoms with Crippen molar-refractivity contribution in [1.82, 2.24) is 14.6 Å². The lowest BCUT2D eigenvalue weighted by Gasteiger charge is -2.28. The molecule has 0 bridgehead atoms. The Balaban J connectivity index is 1.66. The SMILES string of the molecule is CCc1c(CN2CCOCC2)cccc1Nc1c(C(N)=O)cnc2c1cc(-c1ccc(F)cc1)n2OC(=O)C(F)(F)F. The number of carbonyl (C=O) groups excluding carboxylic acids is 2. The number of halogens is 4. The molecule has 3 heterocycles. The summed E-state index contributed by atoms with van der Waals surface area (Å²) in [6, 6.07) is 11.9. The number of hydrogen-bond donors (Lipinski definition) is 2. The summed E-state index contributed by atoms with van der Waals surface area (Å²) in [7, 11) is 0. The molecule has 13 heteroatoms. The summed E-state index contributed by atoms with van der Waals surface area (Å²) >= 11 is 0. The number of morpholine rings is 1. The van der Waals surface area contributed by atoms with Crippen LogP contribution < -0.4 is 15.9 Å². The standard InChI is InChI=1S/C29H27F4N5O4/c1-2-20-18(16-37-10-12-41-13-11-37)4-3-5-23(20)36-25-21-14-24(17-6-8-19(30)9-7-17)38(42-28(40)29(31,32)33)27(21)35-15-22(25)26(34)39/h3-9,14-15H,2,10-13,16H2,1H3,(H2,34,39)(H,35,36). The zero-order chi connectivity index (χ0) is 30.0. The summed E-state index contributed by atoms with van der Waals surface area (Å²) in [5.41, 5.74) is 8.49. The number of nitrogens with zero attached hydrogens (tertiary/aromatic N) is 3. The Hall–Kier alpha value is -4.49. The van der Waals surface area contributed by atoms with Crippen LogP contribution in [-0.2, 0) is 22.5 Å². The fraction of sp³-hybridized carbons (Fsp3) is 0.276. The smallest absolute Gasteiger partial charge is 0.379 e. The zero-order valence-corrected chi connectivity index (χ0v) is 22.5. The van der Waals surface area contributed by atoms with Crippen molar-refractivity contribution in [3.05, 3.63) is 77.2 Å². The Kier molecular flexibility index (Phi) is 8.14. The number of rotatable bonds is 8. The summed E-state index contributed by atoms with van der Waals surface area (Å²) in [5, 5.41) is 3.41. The van der Waals surface area contributed by atoms with Gasteiger partial charge in [-0.3, -0.25) is 9.69 Å². The highest BCUT2D eigenvalue weighted by atomic mass is 19.4. The van der Waals surface area contributed by atoms with Crippen LogP contribution in [0.15, 0.2) is 54.7 Å². The molecule has 4 aromatic rings. The molecule has 0 radical (unpaired) electrons. The van der Waals surface area contributed by atoms with Crippen LogP contribution in [0.3, 0.4) is 0 Å². The fourth-order valence-corrected chi connectivity index (χ4v) is 4.95. The van der Waals surface area contributed by atoms with Gasteiger partial charge in [0.25, 0.3) is 5.91 Å². The molecule has 0 saturated carbocycles. The van der Waals surface area contributed by atoms with Crippen molar-refractivity contribution in [2.24, 2.45) is 5.73 Å². The summed E-state index contributed by atoms with van der Waals surface area (Å²) < 4.78 is 59.3. The molecule has 5 rings (SSSR count). The van der Waals surface area contributed by atoms with Gasteiger partial charge in [0.05, 0.1) is 30.2 Å². The number of benzene rings is 2. The van der Waals surface area contributed by atoms with Crippen LogP contribution >= 0.6 is 0 Å². The first-order chi connectivity index (χ1) is 20.1. The number of primary amides is 1. The van der Waals surface area contributed by atoms with Crippen molar-refractivity contribution < 1.29 is 36.7 Å². The van der Waals surface area contributed by atoms with E-state index >= 15 is 0 Å². The number of amides is 1. The highest BCUT2D eigenvalue weighted by Crippen LogP contribution is 2.36. The molecule has 220 valence electrons. The third kappa shape index (κ3) is 5.92. The first-order valence-corrected chi connectivity index (χ1v) is 13.1. The van der Waals surface area contributed by atoms with Gasteiger partial charge in [-0.2, -0.15) is 17.9 Å². The largest absolute Gasteiger partial charge is 0.493 e. The van der Waals surface area contributed by atoms with Gasteiger partial charge in [-0.05, 0) is 53.9 Å². The maximum atomic E-state index is 13.7. The number of hydrogen-bond acceptors (Lipinski definition) is 7. The quantitative estimate of drug-likeness (QED) is 0.291. The molecule has 9 nitrogen and oxygen atoms in total. The zero-order valence-electron chi connectivity index (χ0n) is 22.5. The molecule has 2 aromatic carbocycles. The van der Waals surface area contributed by atoms with Crippen LogP contribution in [0.4, 0.5) is 28.9 Å². The number of pyridine rings is 1. The monoisotopic (exact) mass is 585 g/mol. The summed E-state index contributed by atoms with van der Waals surface area (Å²) in [4.78, 5) is 35.5. The summed E-state index contributed by atoms with van der Waals surface area (Å²) in [6.07, 6.45) is -3.57. The van der Waals surface area contributed by atoms with Gasteiger partial charge in [-0.1, -0.05) is 19.1 Å². The molecule has 1 aliphatic heterocycles. The van der Waals surface area contributed by atoms with E-state index in [9.17, 15) is 27.2 Å². The third-order valence-electron chi connectivity index (χ3n) is 6.98. The van der Waals surface area contributed by atoms with Crippen molar-refractivity contribution in [1.29, 1.82) is 0 Å². The molecule has 1 fully saturated rings. The molecular weight excluding hydrogens is 558 g/mol. The minimum absolute atomic E-state index is 0.0310. The molecule has 0 aliphatic carbocycles. The summed E-state index contributed by atoms with van der Waals surface area (Å²) in [5.74, 6) is -3.89. The molecule has 1 aliphatic rings. The van der Waals surface area contributed by atoms with E-state index in [0.29, 0.717) is 36.6 Å². The van der Waals surface area contributed by atoms with Gasteiger partial charge in [0, 0.05) is 42.5 Å². The average Bonchev–Trinajstić information content (AvgIpc) is 3.32. The lowest BCUT2D eigenvalue weighted by atomic mass is 10.0. The second kappa shape index (κ2) is 11.8. The molecule has 0 spiro atoms. The van der Waals surface area contributed by atoms with Crippen molar-refractivity contribution >= 4 is 34.3 Å². The van der Waals surface area contributed by atoms with Gasteiger partial charge < -0.3 is 20.6 Å². The number of carbonyl (C=O) groups is 2. The Morgan fingerprint density at radius 2 is 1.83 bits per heavy atom. The van der Waals surface area contributed by atoms with E-state index in [0.717, 1.165) is 42.5 Å². The minimum atomic E-state index is -5.30. The van der Waals surface area contributed by atoms with Gasteiger partial charge >= 0.3 is 12.1 Å². The minimum Gasteiger partial charge on any atom is -0.379 e. The highest BCUT2D eigenvalue weighted by Gasteiger charge is 2.42. The second-order valence-corrected chi connectivity index (χ2v) is 9.67. The number of nitrogens with one attached hydrogen (secondary N) is 1. The van der Waals surface area contributed by atoms with E-state index in [1.807, 2.05) is 25.1 Å². The lowest BCUT2D eigenvalue weighted by molar-refractivity contribution is -0.199. The Labute approximate surface area is 237 Å². The van der Waals surface area contributed by atoms with E-state index in [2.05, 4.69) is 15.2 Å². The lowest BCUT2D eigenvalue weighted by Crippen LogP contribution is -2.35. The molecule has 2 aromatic heterocycles. The van der Waals surface area contributed by atoms with Crippen LogP contribution in [0.25, 0.3) is 22.3 Å². The molecule has 0 atom stereocenters. The number of alkyl halides is 3.